The van der Waals surface area contributed by atoms with Gasteiger partial charge in [0, 0.05) is 6.42 Å². The molecule has 0 aliphatic carbocycles. The third-order valence-corrected chi connectivity index (χ3v) is 2.27. The van der Waals surface area contributed by atoms with Crippen molar-refractivity contribution in [3.05, 3.63) is 12.2 Å². The van der Waals surface area contributed by atoms with Crippen molar-refractivity contribution in [3.8, 4) is 0 Å². The molecule has 0 saturated carbocycles. The SMILES string of the molecule is C/C=C\CCOC(=O)CCCCCCC. The van der Waals surface area contributed by atoms with Crippen LogP contribution in [0.3, 0.4) is 0 Å². The minimum absolute atomic E-state index is 0.0454. The highest BCUT2D eigenvalue weighted by atomic mass is 16.5. The van der Waals surface area contributed by atoms with Crippen LogP contribution in [-0.2, 0) is 9.53 Å². The highest BCUT2D eigenvalue weighted by Crippen LogP contribution is 2.05. The van der Waals surface area contributed by atoms with E-state index in [9.17, 15) is 4.79 Å². The summed E-state index contributed by atoms with van der Waals surface area (Å²) >= 11 is 0. The van der Waals surface area contributed by atoms with Crippen molar-refractivity contribution in [3.63, 3.8) is 0 Å². The normalized spacial score (nSPS) is 10.8. The molecule has 0 heterocycles. The first-order valence-electron chi connectivity index (χ1n) is 6.08. The van der Waals surface area contributed by atoms with E-state index in [1.54, 1.807) is 0 Å². The molecule has 0 aliphatic rings. The Labute approximate surface area is 93.7 Å². The number of hydrogen-bond acceptors (Lipinski definition) is 2. The molecule has 0 unspecified atom stereocenters. The maximum Gasteiger partial charge on any atom is 0.305 e. The third kappa shape index (κ3) is 11.1. The van der Waals surface area contributed by atoms with E-state index in [-0.39, 0.29) is 5.97 Å². The Bertz CT molecular complexity index is 173. The Hall–Kier alpha value is -0.790. The predicted molar refractivity (Wildman–Crippen MR) is 63.8 cm³/mol. The zero-order valence-corrected chi connectivity index (χ0v) is 10.1. The lowest BCUT2D eigenvalue weighted by atomic mass is 10.1. The summed E-state index contributed by atoms with van der Waals surface area (Å²) in [4.78, 5) is 11.2. The van der Waals surface area contributed by atoms with Crippen LogP contribution >= 0.6 is 0 Å². The fourth-order valence-electron chi connectivity index (χ4n) is 1.35. The van der Waals surface area contributed by atoms with E-state index in [1.165, 1.54) is 19.3 Å². The number of hydrogen-bond donors (Lipinski definition) is 0. The van der Waals surface area contributed by atoms with Crippen molar-refractivity contribution < 1.29 is 9.53 Å². The minimum Gasteiger partial charge on any atom is -0.465 e. The van der Waals surface area contributed by atoms with Crippen LogP contribution in [0.25, 0.3) is 0 Å². The van der Waals surface area contributed by atoms with Gasteiger partial charge in [-0.05, 0) is 19.8 Å². The molecule has 0 bridgehead atoms. The van der Waals surface area contributed by atoms with Gasteiger partial charge in [-0.1, -0.05) is 44.8 Å². The fourth-order valence-corrected chi connectivity index (χ4v) is 1.35. The van der Waals surface area contributed by atoms with Crippen LogP contribution in [0.1, 0.15) is 58.8 Å². The molecule has 2 nitrogen and oxygen atoms in total. The summed E-state index contributed by atoms with van der Waals surface area (Å²) in [5.74, 6) is -0.0454. The first kappa shape index (κ1) is 14.2. The molecule has 0 aromatic carbocycles. The van der Waals surface area contributed by atoms with E-state index in [2.05, 4.69) is 6.92 Å². The number of rotatable bonds is 9. The van der Waals surface area contributed by atoms with Gasteiger partial charge in [0.05, 0.1) is 6.61 Å². The zero-order valence-electron chi connectivity index (χ0n) is 10.1. The number of unbranched alkanes of at least 4 members (excludes halogenated alkanes) is 4. The maximum absolute atomic E-state index is 11.2. The van der Waals surface area contributed by atoms with Gasteiger partial charge in [-0.25, -0.2) is 0 Å². The lowest BCUT2D eigenvalue weighted by molar-refractivity contribution is -0.143. The molecule has 0 saturated heterocycles. The average Bonchev–Trinajstić information content (AvgIpc) is 2.24. The second-order valence-electron chi connectivity index (χ2n) is 3.74. The fraction of sp³-hybridized carbons (Fsp3) is 0.769. The number of carbonyl (C=O) groups excluding carboxylic acids is 1. The Balaban J connectivity index is 3.18. The molecule has 0 aromatic heterocycles. The largest absolute Gasteiger partial charge is 0.465 e. The summed E-state index contributed by atoms with van der Waals surface area (Å²) in [5.41, 5.74) is 0. The predicted octanol–water partition coefficient (Wildman–Crippen LogP) is 3.86. The minimum atomic E-state index is -0.0454. The van der Waals surface area contributed by atoms with Crippen molar-refractivity contribution >= 4 is 5.97 Å². The van der Waals surface area contributed by atoms with Crippen LogP contribution in [0.4, 0.5) is 0 Å². The van der Waals surface area contributed by atoms with E-state index >= 15 is 0 Å². The van der Waals surface area contributed by atoms with Gasteiger partial charge in [0.1, 0.15) is 0 Å². The highest BCUT2D eigenvalue weighted by Gasteiger charge is 2.00. The summed E-state index contributed by atoms with van der Waals surface area (Å²) in [6.45, 7) is 4.68. The maximum atomic E-state index is 11.2. The van der Waals surface area contributed by atoms with E-state index in [4.69, 9.17) is 4.74 Å². The number of esters is 1. The Kier molecular flexibility index (Phi) is 10.7. The molecule has 0 atom stereocenters. The molecule has 88 valence electrons. The molecule has 0 rings (SSSR count). The summed E-state index contributed by atoms with van der Waals surface area (Å²) in [5, 5.41) is 0. The van der Waals surface area contributed by atoms with Gasteiger partial charge < -0.3 is 4.74 Å². The molecular weight excluding hydrogens is 188 g/mol. The van der Waals surface area contributed by atoms with Gasteiger partial charge in [-0.15, -0.1) is 0 Å². The topological polar surface area (TPSA) is 26.3 Å². The quantitative estimate of drug-likeness (QED) is 0.329. The van der Waals surface area contributed by atoms with Crippen LogP contribution in [0.5, 0.6) is 0 Å². The Morgan fingerprint density at radius 1 is 1.20 bits per heavy atom. The second kappa shape index (κ2) is 11.3. The van der Waals surface area contributed by atoms with Gasteiger partial charge in [0.25, 0.3) is 0 Å². The Morgan fingerprint density at radius 3 is 2.60 bits per heavy atom. The standard InChI is InChI=1S/C13H24O2/c1-3-5-7-8-9-11-13(14)15-12-10-6-4-2/h4,6H,3,5,7-12H2,1-2H3/b6-4-. The smallest absolute Gasteiger partial charge is 0.305 e. The summed E-state index contributed by atoms with van der Waals surface area (Å²) < 4.78 is 5.06. The molecule has 0 radical (unpaired) electrons. The lowest BCUT2D eigenvalue weighted by Gasteiger charge is -2.02. The molecule has 0 N–H and O–H groups in total. The lowest BCUT2D eigenvalue weighted by Crippen LogP contribution is -2.04. The molecule has 2 heteroatoms. The van der Waals surface area contributed by atoms with Crippen molar-refractivity contribution in [2.24, 2.45) is 0 Å². The van der Waals surface area contributed by atoms with Crippen molar-refractivity contribution in [1.29, 1.82) is 0 Å². The van der Waals surface area contributed by atoms with Crippen molar-refractivity contribution in [2.45, 2.75) is 58.8 Å². The van der Waals surface area contributed by atoms with Crippen LogP contribution in [0, 0.1) is 0 Å². The van der Waals surface area contributed by atoms with E-state index in [1.807, 2.05) is 19.1 Å². The summed E-state index contributed by atoms with van der Waals surface area (Å²) in [6.07, 6.45) is 11.3. The van der Waals surface area contributed by atoms with Crippen LogP contribution in [0.2, 0.25) is 0 Å². The average molecular weight is 212 g/mol. The number of carbonyl (C=O) groups is 1. The molecule has 0 spiro atoms. The van der Waals surface area contributed by atoms with Crippen molar-refractivity contribution in [1.82, 2.24) is 0 Å². The molecule has 0 amide bonds. The Morgan fingerprint density at radius 2 is 1.93 bits per heavy atom. The van der Waals surface area contributed by atoms with Crippen LogP contribution in [0.15, 0.2) is 12.2 Å². The first-order valence-corrected chi connectivity index (χ1v) is 6.08. The summed E-state index contributed by atoms with van der Waals surface area (Å²) in [6, 6.07) is 0. The zero-order chi connectivity index (χ0) is 11.4. The number of ether oxygens (including phenoxy) is 1. The molecule has 0 fully saturated rings. The van der Waals surface area contributed by atoms with Crippen LogP contribution < -0.4 is 0 Å². The molecular formula is C13H24O2. The highest BCUT2D eigenvalue weighted by molar-refractivity contribution is 5.69. The monoisotopic (exact) mass is 212 g/mol. The van der Waals surface area contributed by atoms with E-state index in [0.29, 0.717) is 13.0 Å². The van der Waals surface area contributed by atoms with Crippen LogP contribution in [-0.4, -0.2) is 12.6 Å². The van der Waals surface area contributed by atoms with E-state index in [0.717, 1.165) is 19.3 Å². The molecule has 0 aliphatic heterocycles. The van der Waals surface area contributed by atoms with Crippen molar-refractivity contribution in [2.75, 3.05) is 6.61 Å². The van der Waals surface area contributed by atoms with Gasteiger partial charge in [0.15, 0.2) is 0 Å². The van der Waals surface area contributed by atoms with E-state index < -0.39 is 0 Å². The first-order chi connectivity index (χ1) is 7.31. The summed E-state index contributed by atoms with van der Waals surface area (Å²) in [7, 11) is 0. The third-order valence-electron chi connectivity index (χ3n) is 2.27. The molecule has 0 aromatic rings. The van der Waals surface area contributed by atoms with Gasteiger partial charge in [0.2, 0.25) is 0 Å². The van der Waals surface area contributed by atoms with Gasteiger partial charge in [-0.3, -0.25) is 4.79 Å². The second-order valence-corrected chi connectivity index (χ2v) is 3.74. The molecule has 15 heavy (non-hydrogen) atoms. The number of allylic oxidation sites excluding steroid dienone is 1. The van der Waals surface area contributed by atoms with Gasteiger partial charge >= 0.3 is 5.97 Å². The van der Waals surface area contributed by atoms with Gasteiger partial charge in [-0.2, -0.15) is 0 Å².